The van der Waals surface area contributed by atoms with Crippen LogP contribution >= 0.6 is 0 Å². The van der Waals surface area contributed by atoms with Crippen LogP contribution in [-0.2, 0) is 0 Å². The van der Waals surface area contributed by atoms with Crippen LogP contribution in [0.25, 0.3) is 11.1 Å². The van der Waals surface area contributed by atoms with Crippen molar-refractivity contribution in [2.45, 2.75) is 0 Å². The highest BCUT2D eigenvalue weighted by molar-refractivity contribution is 5.74. The molecular weight excluding hydrogens is 336 g/mol. The number of quaternary nitrogens is 1. The fourth-order valence-corrected chi connectivity index (χ4v) is 2.40. The third kappa shape index (κ3) is 3.88. The summed E-state index contributed by atoms with van der Waals surface area (Å²) >= 11 is 0. The molecule has 2 aromatic carbocycles. The first-order valence-electron chi connectivity index (χ1n) is 7.83. The Morgan fingerprint density at radius 1 is 0.846 bits per heavy atom. The number of aromatic nitrogens is 3. The van der Waals surface area contributed by atoms with Crippen molar-refractivity contribution in [1.82, 2.24) is 15.0 Å². The lowest BCUT2D eigenvalue weighted by Gasteiger charge is -2.20. The second kappa shape index (κ2) is 7.77. The lowest BCUT2D eigenvalue weighted by atomic mass is 10.0. The van der Waals surface area contributed by atoms with Gasteiger partial charge in [-0.1, -0.05) is 30.3 Å². The third-order valence-electron chi connectivity index (χ3n) is 3.60. The van der Waals surface area contributed by atoms with Crippen LogP contribution in [0.2, 0.25) is 0 Å². The number of rotatable bonds is 6. The molecule has 1 N–H and O–H groups in total. The van der Waals surface area contributed by atoms with Crippen LogP contribution in [0.5, 0.6) is 23.8 Å². The average Bonchev–Trinajstić information content (AvgIpc) is 2.68. The molecule has 1 heterocycles. The van der Waals surface area contributed by atoms with Crippen molar-refractivity contribution in [2.75, 3.05) is 21.3 Å². The van der Waals surface area contributed by atoms with E-state index in [9.17, 15) is 5.21 Å². The molecule has 8 heteroatoms. The highest BCUT2D eigenvalue weighted by Gasteiger charge is 2.14. The van der Waals surface area contributed by atoms with Crippen LogP contribution in [0.4, 0.5) is 5.69 Å². The highest BCUT2D eigenvalue weighted by Crippen LogP contribution is 2.31. The summed E-state index contributed by atoms with van der Waals surface area (Å²) in [4.78, 5) is 12.0. The van der Waals surface area contributed by atoms with E-state index in [2.05, 4.69) is 15.0 Å². The molecular formula is C18H18N4O4. The Morgan fingerprint density at radius 2 is 1.46 bits per heavy atom. The minimum Gasteiger partial charge on any atom is -0.629 e. The summed E-state index contributed by atoms with van der Waals surface area (Å²) in [6, 6.07) is 15.0. The van der Waals surface area contributed by atoms with Gasteiger partial charge in [0.15, 0.2) is 0 Å². The summed E-state index contributed by atoms with van der Waals surface area (Å²) < 4.78 is 15.8. The van der Waals surface area contributed by atoms with Gasteiger partial charge in [0, 0.05) is 11.6 Å². The minimum atomic E-state index is -0.0288. The van der Waals surface area contributed by atoms with E-state index in [-0.39, 0.29) is 23.1 Å². The summed E-state index contributed by atoms with van der Waals surface area (Å²) in [6.07, 6.45) is 0. The molecule has 0 radical (unpaired) electrons. The SMILES string of the molecule is COc1nc(OC)nc(Oc2ccc([NH+](C)[O-])c(-c3ccccc3)c2)n1. The van der Waals surface area contributed by atoms with Gasteiger partial charge in [0.2, 0.25) is 0 Å². The van der Waals surface area contributed by atoms with Gasteiger partial charge >= 0.3 is 18.0 Å². The lowest BCUT2D eigenvalue weighted by molar-refractivity contribution is -0.751. The van der Waals surface area contributed by atoms with Crippen molar-refractivity contribution in [3.8, 4) is 34.9 Å². The van der Waals surface area contributed by atoms with Crippen LogP contribution in [0.15, 0.2) is 48.5 Å². The van der Waals surface area contributed by atoms with E-state index in [4.69, 9.17) is 14.2 Å². The van der Waals surface area contributed by atoms with Crippen molar-refractivity contribution in [1.29, 1.82) is 0 Å². The lowest BCUT2D eigenvalue weighted by Crippen LogP contribution is -2.98. The van der Waals surface area contributed by atoms with Gasteiger partial charge in [-0.15, -0.1) is 15.0 Å². The second-order valence-corrected chi connectivity index (χ2v) is 5.32. The van der Waals surface area contributed by atoms with E-state index in [1.165, 1.54) is 21.3 Å². The Balaban J connectivity index is 1.99. The summed E-state index contributed by atoms with van der Waals surface area (Å²) in [6.45, 7) is 0. The van der Waals surface area contributed by atoms with E-state index < -0.39 is 0 Å². The Hall–Kier alpha value is -3.23. The molecule has 0 aliphatic heterocycles. The zero-order valence-corrected chi connectivity index (χ0v) is 14.6. The number of nitrogens with zero attached hydrogens (tertiary/aromatic N) is 3. The topological polar surface area (TPSA) is 93.9 Å². The first-order chi connectivity index (χ1) is 12.6. The van der Waals surface area contributed by atoms with Crippen molar-refractivity contribution in [2.24, 2.45) is 0 Å². The van der Waals surface area contributed by atoms with E-state index in [0.717, 1.165) is 11.1 Å². The molecule has 0 aliphatic rings. The fourth-order valence-electron chi connectivity index (χ4n) is 2.40. The molecule has 1 atom stereocenters. The number of benzene rings is 2. The van der Waals surface area contributed by atoms with Gasteiger partial charge in [-0.05, 0) is 17.7 Å². The maximum Gasteiger partial charge on any atom is 0.331 e. The van der Waals surface area contributed by atoms with Gasteiger partial charge in [0.1, 0.15) is 11.4 Å². The van der Waals surface area contributed by atoms with Crippen LogP contribution in [0.3, 0.4) is 0 Å². The van der Waals surface area contributed by atoms with Gasteiger partial charge in [-0.3, -0.25) is 0 Å². The number of hydrogen-bond acceptors (Lipinski definition) is 7. The van der Waals surface area contributed by atoms with Crippen LogP contribution in [0.1, 0.15) is 0 Å². The van der Waals surface area contributed by atoms with Crippen LogP contribution in [-0.4, -0.2) is 36.2 Å². The van der Waals surface area contributed by atoms with Gasteiger partial charge < -0.3 is 24.5 Å². The molecule has 0 fully saturated rings. The monoisotopic (exact) mass is 354 g/mol. The van der Waals surface area contributed by atoms with Gasteiger partial charge in [-0.25, -0.2) is 0 Å². The average molecular weight is 354 g/mol. The highest BCUT2D eigenvalue weighted by atomic mass is 16.5. The predicted molar refractivity (Wildman–Crippen MR) is 94.8 cm³/mol. The van der Waals surface area contributed by atoms with Gasteiger partial charge in [0.05, 0.1) is 21.3 Å². The summed E-state index contributed by atoms with van der Waals surface area (Å²) in [7, 11) is 4.41. The Kier molecular flexibility index (Phi) is 5.26. The Morgan fingerprint density at radius 3 is 2.04 bits per heavy atom. The Bertz CT molecular complexity index is 865. The number of hydroxylamine groups is 1. The molecule has 8 nitrogen and oxygen atoms in total. The minimum absolute atomic E-state index is 0.0288. The molecule has 0 saturated heterocycles. The second-order valence-electron chi connectivity index (χ2n) is 5.32. The van der Waals surface area contributed by atoms with Crippen molar-refractivity contribution >= 4 is 5.69 Å². The third-order valence-corrected chi connectivity index (χ3v) is 3.60. The summed E-state index contributed by atoms with van der Waals surface area (Å²) in [5, 5.41) is 11.9. The quantitative estimate of drug-likeness (QED) is 0.677. The number of nitrogens with one attached hydrogen (secondary N) is 1. The summed E-state index contributed by atoms with van der Waals surface area (Å²) in [5.41, 5.74) is 2.28. The standard InChI is InChI=1S/C18H18N4O4/c1-22(23)15-10-9-13(11-14(15)12-7-5-4-6-8-12)26-18-20-16(24-2)19-17(21-18)25-3/h4-11,22H,1-3H3. The molecule has 0 aliphatic carbocycles. The largest absolute Gasteiger partial charge is 0.629 e. The molecule has 3 aromatic rings. The van der Waals surface area contributed by atoms with Gasteiger partial charge in [0.25, 0.3) is 0 Å². The maximum absolute atomic E-state index is 12.0. The van der Waals surface area contributed by atoms with E-state index in [0.29, 0.717) is 11.4 Å². The van der Waals surface area contributed by atoms with Crippen molar-refractivity contribution in [3.63, 3.8) is 0 Å². The Labute approximate surface area is 150 Å². The van der Waals surface area contributed by atoms with Crippen molar-refractivity contribution < 1.29 is 19.3 Å². The first-order valence-corrected chi connectivity index (χ1v) is 7.83. The molecule has 0 amide bonds. The molecule has 0 saturated carbocycles. The number of ether oxygens (including phenoxy) is 3. The molecule has 26 heavy (non-hydrogen) atoms. The number of methoxy groups -OCH3 is 2. The van der Waals surface area contributed by atoms with Crippen molar-refractivity contribution in [3.05, 3.63) is 53.7 Å². The van der Waals surface area contributed by atoms with Crippen LogP contribution in [0, 0.1) is 5.21 Å². The zero-order valence-electron chi connectivity index (χ0n) is 14.6. The van der Waals surface area contributed by atoms with E-state index in [1.807, 2.05) is 30.3 Å². The predicted octanol–water partition coefficient (Wildman–Crippen LogP) is 1.99. The molecule has 0 spiro atoms. The van der Waals surface area contributed by atoms with E-state index >= 15 is 0 Å². The molecule has 1 aromatic heterocycles. The molecule has 3 rings (SSSR count). The molecule has 1 unspecified atom stereocenters. The number of hydrogen-bond donors (Lipinski definition) is 1. The normalized spacial score (nSPS) is 11.7. The summed E-state index contributed by atoms with van der Waals surface area (Å²) in [5.74, 6) is 0.476. The molecule has 0 bridgehead atoms. The zero-order chi connectivity index (χ0) is 18.5. The van der Waals surface area contributed by atoms with Gasteiger partial charge in [-0.2, -0.15) is 0 Å². The first kappa shape index (κ1) is 17.6. The fraction of sp³-hybridized carbons (Fsp3) is 0.167. The molecule has 134 valence electrons. The van der Waals surface area contributed by atoms with E-state index in [1.54, 1.807) is 18.2 Å². The maximum atomic E-state index is 12.0. The smallest absolute Gasteiger partial charge is 0.331 e. The van der Waals surface area contributed by atoms with Crippen LogP contribution < -0.4 is 19.3 Å².